The number of ether oxygens (including phenoxy) is 1. The molecule has 0 saturated heterocycles. The lowest BCUT2D eigenvalue weighted by Gasteiger charge is -2.10. The number of hydrogen-bond donors (Lipinski definition) is 0. The van der Waals surface area contributed by atoms with Gasteiger partial charge in [0.1, 0.15) is 12.4 Å². The SMILES string of the molecule is CCCc1nc(C)ncc1OCc1ccccc1. The van der Waals surface area contributed by atoms with Crippen LogP contribution in [0.25, 0.3) is 0 Å². The van der Waals surface area contributed by atoms with Crippen LogP contribution in [0.2, 0.25) is 0 Å². The maximum absolute atomic E-state index is 5.81. The number of hydrogen-bond acceptors (Lipinski definition) is 3. The third-order valence-electron chi connectivity index (χ3n) is 2.67. The van der Waals surface area contributed by atoms with Gasteiger partial charge in [-0.05, 0) is 18.9 Å². The van der Waals surface area contributed by atoms with Crippen LogP contribution in [0.5, 0.6) is 5.75 Å². The summed E-state index contributed by atoms with van der Waals surface area (Å²) in [5.41, 5.74) is 2.15. The summed E-state index contributed by atoms with van der Waals surface area (Å²) in [5, 5.41) is 0. The first-order chi connectivity index (χ1) is 8.79. The molecule has 0 aliphatic rings. The summed E-state index contributed by atoms with van der Waals surface area (Å²) >= 11 is 0. The predicted octanol–water partition coefficient (Wildman–Crippen LogP) is 3.32. The van der Waals surface area contributed by atoms with Crippen molar-refractivity contribution in [2.45, 2.75) is 33.3 Å². The fraction of sp³-hybridized carbons (Fsp3) is 0.333. The van der Waals surface area contributed by atoms with Gasteiger partial charge in [0.05, 0.1) is 11.9 Å². The Morgan fingerprint density at radius 2 is 1.94 bits per heavy atom. The van der Waals surface area contributed by atoms with Crippen LogP contribution >= 0.6 is 0 Å². The molecule has 0 N–H and O–H groups in total. The van der Waals surface area contributed by atoms with Crippen LogP contribution in [-0.4, -0.2) is 9.97 Å². The van der Waals surface area contributed by atoms with Gasteiger partial charge in [-0.1, -0.05) is 43.7 Å². The summed E-state index contributed by atoms with van der Waals surface area (Å²) in [5.74, 6) is 1.59. The van der Waals surface area contributed by atoms with E-state index in [1.54, 1.807) is 6.20 Å². The van der Waals surface area contributed by atoms with Gasteiger partial charge in [-0.3, -0.25) is 0 Å². The van der Waals surface area contributed by atoms with Gasteiger partial charge < -0.3 is 4.74 Å². The lowest BCUT2D eigenvalue weighted by Crippen LogP contribution is -2.03. The third kappa shape index (κ3) is 3.29. The monoisotopic (exact) mass is 242 g/mol. The molecule has 0 aliphatic heterocycles. The Balaban J connectivity index is 2.09. The van der Waals surface area contributed by atoms with Gasteiger partial charge in [0.2, 0.25) is 0 Å². The zero-order valence-electron chi connectivity index (χ0n) is 10.9. The topological polar surface area (TPSA) is 35.0 Å². The van der Waals surface area contributed by atoms with Crippen LogP contribution < -0.4 is 4.74 Å². The van der Waals surface area contributed by atoms with Crippen LogP contribution in [0, 0.1) is 6.92 Å². The molecule has 1 aromatic carbocycles. The average molecular weight is 242 g/mol. The summed E-state index contributed by atoms with van der Waals surface area (Å²) in [7, 11) is 0. The standard InChI is InChI=1S/C15H18N2O/c1-3-7-14-15(10-16-12(2)17-14)18-11-13-8-5-4-6-9-13/h4-6,8-10H,3,7,11H2,1-2H3. The van der Waals surface area contributed by atoms with Crippen molar-refractivity contribution in [3.05, 3.63) is 53.6 Å². The Morgan fingerprint density at radius 3 is 2.67 bits per heavy atom. The van der Waals surface area contributed by atoms with E-state index in [4.69, 9.17) is 4.74 Å². The fourth-order valence-electron chi connectivity index (χ4n) is 1.78. The van der Waals surface area contributed by atoms with Crippen molar-refractivity contribution in [3.8, 4) is 5.75 Å². The first-order valence-electron chi connectivity index (χ1n) is 6.29. The van der Waals surface area contributed by atoms with Gasteiger partial charge in [-0.2, -0.15) is 0 Å². The second kappa shape index (κ2) is 6.15. The van der Waals surface area contributed by atoms with Crippen molar-refractivity contribution in [2.24, 2.45) is 0 Å². The van der Waals surface area contributed by atoms with E-state index in [1.165, 1.54) is 0 Å². The van der Waals surface area contributed by atoms with Crippen LogP contribution in [-0.2, 0) is 13.0 Å². The maximum Gasteiger partial charge on any atom is 0.159 e. The van der Waals surface area contributed by atoms with Crippen molar-refractivity contribution in [3.63, 3.8) is 0 Å². The molecular weight excluding hydrogens is 224 g/mol. The highest BCUT2D eigenvalue weighted by atomic mass is 16.5. The summed E-state index contributed by atoms with van der Waals surface area (Å²) in [6.07, 6.45) is 3.75. The van der Waals surface area contributed by atoms with Crippen LogP contribution in [0.3, 0.4) is 0 Å². The number of aryl methyl sites for hydroxylation is 2. The Labute approximate surface area is 108 Å². The third-order valence-corrected chi connectivity index (χ3v) is 2.67. The number of nitrogens with zero attached hydrogens (tertiary/aromatic N) is 2. The van der Waals surface area contributed by atoms with E-state index < -0.39 is 0 Å². The lowest BCUT2D eigenvalue weighted by molar-refractivity contribution is 0.299. The zero-order valence-corrected chi connectivity index (χ0v) is 10.9. The minimum absolute atomic E-state index is 0.559. The van der Waals surface area contributed by atoms with Crippen molar-refractivity contribution < 1.29 is 4.74 Å². The van der Waals surface area contributed by atoms with Crippen molar-refractivity contribution in [2.75, 3.05) is 0 Å². The summed E-state index contributed by atoms with van der Waals surface area (Å²) in [4.78, 5) is 8.64. The highest BCUT2D eigenvalue weighted by molar-refractivity contribution is 5.25. The minimum Gasteiger partial charge on any atom is -0.485 e. The molecule has 3 heteroatoms. The molecule has 0 fully saturated rings. The Kier molecular flexibility index (Phi) is 4.29. The summed E-state index contributed by atoms with van der Waals surface area (Å²) < 4.78 is 5.81. The number of benzene rings is 1. The molecule has 94 valence electrons. The molecule has 0 radical (unpaired) electrons. The van der Waals surface area contributed by atoms with Gasteiger partial charge in [0.15, 0.2) is 5.75 Å². The molecule has 0 spiro atoms. The maximum atomic E-state index is 5.81. The molecule has 2 aromatic rings. The Morgan fingerprint density at radius 1 is 1.17 bits per heavy atom. The highest BCUT2D eigenvalue weighted by Gasteiger charge is 2.06. The Bertz CT molecular complexity index is 497. The molecule has 0 bridgehead atoms. The predicted molar refractivity (Wildman–Crippen MR) is 71.5 cm³/mol. The molecular formula is C15H18N2O. The van der Waals surface area contributed by atoms with Gasteiger partial charge in [0, 0.05) is 0 Å². The fourth-order valence-corrected chi connectivity index (χ4v) is 1.78. The van der Waals surface area contributed by atoms with E-state index in [1.807, 2.05) is 25.1 Å². The van der Waals surface area contributed by atoms with E-state index in [2.05, 4.69) is 29.0 Å². The normalized spacial score (nSPS) is 10.3. The van der Waals surface area contributed by atoms with E-state index in [9.17, 15) is 0 Å². The highest BCUT2D eigenvalue weighted by Crippen LogP contribution is 2.18. The minimum atomic E-state index is 0.559. The van der Waals surface area contributed by atoms with Crippen molar-refractivity contribution in [1.82, 2.24) is 9.97 Å². The molecule has 3 nitrogen and oxygen atoms in total. The largest absolute Gasteiger partial charge is 0.485 e. The zero-order chi connectivity index (χ0) is 12.8. The molecule has 0 atom stereocenters. The van der Waals surface area contributed by atoms with Crippen LogP contribution in [0.15, 0.2) is 36.5 Å². The quantitative estimate of drug-likeness (QED) is 0.806. The molecule has 0 unspecified atom stereocenters. The molecule has 2 rings (SSSR count). The van der Waals surface area contributed by atoms with Gasteiger partial charge in [0.25, 0.3) is 0 Å². The average Bonchev–Trinajstić information content (AvgIpc) is 2.39. The molecule has 1 heterocycles. The van der Waals surface area contributed by atoms with Gasteiger partial charge in [-0.15, -0.1) is 0 Å². The first kappa shape index (κ1) is 12.6. The van der Waals surface area contributed by atoms with Crippen LogP contribution in [0.1, 0.15) is 30.4 Å². The summed E-state index contributed by atoms with van der Waals surface area (Å²) in [6.45, 7) is 4.60. The summed E-state index contributed by atoms with van der Waals surface area (Å²) in [6, 6.07) is 10.1. The van der Waals surface area contributed by atoms with E-state index >= 15 is 0 Å². The second-order valence-corrected chi connectivity index (χ2v) is 4.25. The van der Waals surface area contributed by atoms with E-state index in [-0.39, 0.29) is 0 Å². The molecule has 0 saturated carbocycles. The second-order valence-electron chi connectivity index (χ2n) is 4.25. The first-order valence-corrected chi connectivity index (χ1v) is 6.29. The van der Waals surface area contributed by atoms with E-state index in [0.717, 1.165) is 35.7 Å². The smallest absolute Gasteiger partial charge is 0.159 e. The van der Waals surface area contributed by atoms with Crippen molar-refractivity contribution in [1.29, 1.82) is 0 Å². The number of aromatic nitrogens is 2. The van der Waals surface area contributed by atoms with Crippen LogP contribution in [0.4, 0.5) is 0 Å². The molecule has 0 aliphatic carbocycles. The Hall–Kier alpha value is -1.90. The van der Waals surface area contributed by atoms with Gasteiger partial charge in [-0.25, -0.2) is 9.97 Å². The molecule has 0 amide bonds. The molecule has 1 aromatic heterocycles. The van der Waals surface area contributed by atoms with E-state index in [0.29, 0.717) is 6.61 Å². The molecule has 18 heavy (non-hydrogen) atoms. The van der Waals surface area contributed by atoms with Crippen molar-refractivity contribution >= 4 is 0 Å². The lowest BCUT2D eigenvalue weighted by atomic mass is 10.2. The number of rotatable bonds is 5. The van der Waals surface area contributed by atoms with Gasteiger partial charge >= 0.3 is 0 Å².